The molecule has 1 rings (SSSR count). The average molecular weight is 366 g/mol. The van der Waals surface area contributed by atoms with Crippen molar-refractivity contribution >= 4 is 38.8 Å². The van der Waals surface area contributed by atoms with Gasteiger partial charge in [-0.15, -0.1) is 0 Å². The van der Waals surface area contributed by atoms with E-state index in [2.05, 4.69) is 5.32 Å². The van der Waals surface area contributed by atoms with Gasteiger partial charge in [-0.2, -0.15) is 18.4 Å². The van der Waals surface area contributed by atoms with E-state index < -0.39 is 49.2 Å². The van der Waals surface area contributed by atoms with Gasteiger partial charge in [0.1, 0.15) is 4.99 Å². The van der Waals surface area contributed by atoms with Crippen LogP contribution in [0.1, 0.15) is 5.56 Å². The number of nitrogens with zero attached hydrogens (tertiary/aromatic N) is 1. The standard InChI is InChI=1S/C11H9F3N4O3S2/c12-11(13,14)5-1-6(3-7(2-5)23(17,20)21)18-10(22)8(4-15)9(16)19/h1-3,8H,(H2,16,19)(H,18,22)(H2,17,20,21). The van der Waals surface area contributed by atoms with E-state index in [0.29, 0.717) is 12.1 Å². The summed E-state index contributed by atoms with van der Waals surface area (Å²) >= 11 is 4.71. The quantitative estimate of drug-likeness (QED) is 0.671. The number of carbonyl (C=O) groups is 1. The molecule has 1 amide bonds. The number of carbonyl (C=O) groups excluding carboxylic acids is 1. The van der Waals surface area contributed by atoms with Crippen LogP contribution >= 0.6 is 12.2 Å². The third kappa shape index (κ3) is 4.88. The number of benzene rings is 1. The van der Waals surface area contributed by atoms with Crippen LogP contribution in [0.25, 0.3) is 0 Å². The van der Waals surface area contributed by atoms with Crippen molar-refractivity contribution in [2.45, 2.75) is 11.1 Å². The zero-order valence-corrected chi connectivity index (χ0v) is 12.7. The summed E-state index contributed by atoms with van der Waals surface area (Å²) < 4.78 is 61.0. The number of rotatable bonds is 4. The third-order valence-electron chi connectivity index (χ3n) is 2.51. The number of anilines is 1. The molecule has 0 heterocycles. The van der Waals surface area contributed by atoms with Gasteiger partial charge in [0.25, 0.3) is 0 Å². The maximum absolute atomic E-state index is 12.8. The first-order valence-electron chi connectivity index (χ1n) is 5.61. The lowest BCUT2D eigenvalue weighted by Crippen LogP contribution is -2.32. The van der Waals surface area contributed by atoms with Crippen molar-refractivity contribution < 1.29 is 26.4 Å². The lowest BCUT2D eigenvalue weighted by molar-refractivity contribution is -0.137. The summed E-state index contributed by atoms with van der Waals surface area (Å²) in [5, 5.41) is 15.7. The van der Waals surface area contributed by atoms with Crippen LogP contribution in [0.15, 0.2) is 23.1 Å². The SMILES string of the molecule is N#CC(C(N)=O)C(=S)Nc1cc(C(F)(F)F)cc(S(N)(=O)=O)c1. The van der Waals surface area contributed by atoms with Gasteiger partial charge >= 0.3 is 6.18 Å². The largest absolute Gasteiger partial charge is 0.416 e. The summed E-state index contributed by atoms with van der Waals surface area (Å²) in [6.07, 6.45) is -4.85. The average Bonchev–Trinajstić information content (AvgIpc) is 2.36. The molecule has 5 N–H and O–H groups in total. The molecule has 0 saturated carbocycles. The van der Waals surface area contributed by atoms with Crippen molar-refractivity contribution in [3.63, 3.8) is 0 Å². The fourth-order valence-electron chi connectivity index (χ4n) is 1.47. The van der Waals surface area contributed by atoms with Crippen LogP contribution in [0.5, 0.6) is 0 Å². The number of thiocarbonyl (C=S) groups is 1. The van der Waals surface area contributed by atoms with Crippen LogP contribution in [-0.4, -0.2) is 19.3 Å². The fraction of sp³-hybridized carbons (Fsp3) is 0.182. The summed E-state index contributed by atoms with van der Waals surface area (Å²) in [5.41, 5.74) is 3.20. The van der Waals surface area contributed by atoms with Gasteiger partial charge in [0.05, 0.1) is 16.5 Å². The van der Waals surface area contributed by atoms with Crippen LogP contribution < -0.4 is 16.2 Å². The zero-order chi connectivity index (χ0) is 18.0. The van der Waals surface area contributed by atoms with Crippen molar-refractivity contribution in [2.75, 3.05) is 5.32 Å². The minimum absolute atomic E-state index is 0.347. The third-order valence-corrected chi connectivity index (χ3v) is 3.74. The second kappa shape index (κ2) is 6.49. The molecule has 0 aliphatic rings. The Bertz CT molecular complexity index is 800. The number of alkyl halides is 3. The smallest absolute Gasteiger partial charge is 0.368 e. The van der Waals surface area contributed by atoms with Crippen LogP contribution in [0, 0.1) is 17.2 Å². The van der Waals surface area contributed by atoms with Gasteiger partial charge in [0, 0.05) is 5.69 Å². The maximum atomic E-state index is 12.8. The zero-order valence-electron chi connectivity index (χ0n) is 11.1. The van der Waals surface area contributed by atoms with E-state index in [1.165, 1.54) is 6.07 Å². The molecular weight excluding hydrogens is 357 g/mol. The second-order valence-electron chi connectivity index (χ2n) is 4.24. The predicted molar refractivity (Wildman–Crippen MR) is 77.3 cm³/mol. The summed E-state index contributed by atoms with van der Waals surface area (Å²) in [7, 11) is -4.43. The molecule has 0 bridgehead atoms. The highest BCUT2D eigenvalue weighted by atomic mass is 32.2. The first kappa shape index (κ1) is 18.8. The Morgan fingerprint density at radius 3 is 2.30 bits per heavy atom. The second-order valence-corrected chi connectivity index (χ2v) is 6.24. The van der Waals surface area contributed by atoms with Crippen molar-refractivity contribution in [2.24, 2.45) is 16.8 Å². The predicted octanol–water partition coefficient (Wildman–Crippen LogP) is 0.717. The first-order chi connectivity index (χ1) is 10.4. The summed E-state index contributed by atoms with van der Waals surface area (Å²) in [4.78, 5) is 9.70. The minimum Gasteiger partial charge on any atom is -0.368 e. The van der Waals surface area contributed by atoms with Gasteiger partial charge < -0.3 is 11.1 Å². The van der Waals surface area contributed by atoms with Gasteiger partial charge in [0.15, 0.2) is 5.92 Å². The molecule has 0 saturated heterocycles. The van der Waals surface area contributed by atoms with Crippen LogP contribution in [0.3, 0.4) is 0 Å². The Labute approximate surface area is 134 Å². The monoisotopic (exact) mass is 366 g/mol. The highest BCUT2D eigenvalue weighted by Crippen LogP contribution is 2.33. The van der Waals surface area contributed by atoms with Gasteiger partial charge in [-0.1, -0.05) is 12.2 Å². The number of nitriles is 1. The minimum atomic E-state index is -4.85. The molecule has 1 unspecified atom stereocenters. The number of halogens is 3. The van der Waals surface area contributed by atoms with E-state index in [1.807, 2.05) is 0 Å². The molecule has 12 heteroatoms. The number of nitrogens with two attached hydrogens (primary N) is 2. The maximum Gasteiger partial charge on any atom is 0.416 e. The lowest BCUT2D eigenvalue weighted by Gasteiger charge is -2.14. The normalized spacial score (nSPS) is 13.0. The van der Waals surface area contributed by atoms with Crippen molar-refractivity contribution in [1.29, 1.82) is 5.26 Å². The van der Waals surface area contributed by atoms with E-state index in [1.54, 1.807) is 0 Å². The van der Waals surface area contributed by atoms with Crippen LogP contribution in [0.4, 0.5) is 18.9 Å². The fourth-order valence-corrected chi connectivity index (χ4v) is 2.33. The molecule has 0 aromatic heterocycles. The Balaban J connectivity index is 3.35. The number of amides is 1. The lowest BCUT2D eigenvalue weighted by atomic mass is 10.1. The summed E-state index contributed by atoms with van der Waals surface area (Å²) in [6.45, 7) is 0. The molecule has 0 aliphatic heterocycles. The van der Waals surface area contributed by atoms with Crippen LogP contribution in [0.2, 0.25) is 0 Å². The summed E-state index contributed by atoms with van der Waals surface area (Å²) in [6, 6.07) is 3.15. The molecule has 1 atom stereocenters. The Kier molecular flexibility index (Phi) is 5.31. The molecule has 0 aliphatic carbocycles. The van der Waals surface area contributed by atoms with Crippen LogP contribution in [-0.2, 0) is 21.0 Å². The molecule has 7 nitrogen and oxygen atoms in total. The molecule has 0 radical (unpaired) electrons. The van der Waals surface area contributed by atoms with E-state index in [-0.39, 0.29) is 0 Å². The molecule has 1 aromatic carbocycles. The number of nitrogens with one attached hydrogen (secondary N) is 1. The molecule has 124 valence electrons. The number of sulfonamides is 1. The molecular formula is C11H9F3N4O3S2. The highest BCUT2D eigenvalue weighted by Gasteiger charge is 2.32. The number of primary sulfonamides is 1. The summed E-state index contributed by atoms with van der Waals surface area (Å²) in [5.74, 6) is -2.69. The molecule has 0 spiro atoms. The Morgan fingerprint density at radius 2 is 1.91 bits per heavy atom. The topological polar surface area (TPSA) is 139 Å². The van der Waals surface area contributed by atoms with Crippen molar-refractivity contribution in [3.05, 3.63) is 23.8 Å². The van der Waals surface area contributed by atoms with Gasteiger partial charge in [-0.25, -0.2) is 13.6 Å². The van der Waals surface area contributed by atoms with Gasteiger partial charge in [0.2, 0.25) is 15.9 Å². The van der Waals surface area contributed by atoms with Gasteiger partial charge in [-0.05, 0) is 18.2 Å². The van der Waals surface area contributed by atoms with E-state index >= 15 is 0 Å². The Morgan fingerprint density at radius 1 is 1.35 bits per heavy atom. The first-order valence-corrected chi connectivity index (χ1v) is 7.56. The highest BCUT2D eigenvalue weighted by molar-refractivity contribution is 7.89. The Hall–Kier alpha value is -2.23. The number of hydrogen-bond acceptors (Lipinski definition) is 5. The van der Waals surface area contributed by atoms with E-state index in [9.17, 15) is 26.4 Å². The van der Waals surface area contributed by atoms with E-state index in [4.69, 9.17) is 28.4 Å². The molecule has 0 fully saturated rings. The molecule has 1 aromatic rings. The molecule has 23 heavy (non-hydrogen) atoms. The number of primary amides is 1. The van der Waals surface area contributed by atoms with Crippen molar-refractivity contribution in [3.8, 4) is 6.07 Å². The van der Waals surface area contributed by atoms with Gasteiger partial charge in [-0.3, -0.25) is 4.79 Å². The van der Waals surface area contributed by atoms with Crippen molar-refractivity contribution in [1.82, 2.24) is 0 Å². The van der Waals surface area contributed by atoms with E-state index in [0.717, 1.165) is 6.07 Å². The number of hydrogen-bond donors (Lipinski definition) is 3.